The summed E-state index contributed by atoms with van der Waals surface area (Å²) in [6.07, 6.45) is 2.85. The quantitative estimate of drug-likeness (QED) is 0.228. The Morgan fingerprint density at radius 2 is 1.75 bits per heavy atom. The molecule has 0 aliphatic carbocycles. The number of ketones is 1. The predicted octanol–water partition coefficient (Wildman–Crippen LogP) is 4.99. The minimum absolute atomic E-state index is 0.231. The molecule has 3 aromatic rings. The average molecular weight is 431 g/mol. The van der Waals surface area contributed by atoms with Gasteiger partial charge in [-0.15, -0.1) is 5.10 Å². The van der Waals surface area contributed by atoms with E-state index in [-0.39, 0.29) is 12.4 Å². The van der Waals surface area contributed by atoms with Crippen LogP contribution < -0.4 is 0 Å². The lowest BCUT2D eigenvalue weighted by molar-refractivity contribution is 0.0475. The average Bonchev–Trinajstić information content (AvgIpc) is 3.12. The highest BCUT2D eigenvalue weighted by atomic mass is 32.2. The SMILES string of the molecule is CCc1ccc(C(=O)COC(=O)c2ccc(-n3nc(SC)sc3=S)cc2)cc1. The number of benzene rings is 2. The second-order valence-electron chi connectivity index (χ2n) is 5.85. The maximum atomic E-state index is 12.2. The van der Waals surface area contributed by atoms with Crippen molar-refractivity contribution in [2.45, 2.75) is 17.7 Å². The minimum Gasteiger partial charge on any atom is -0.454 e. The number of rotatable bonds is 7. The zero-order valence-corrected chi connectivity index (χ0v) is 17.8. The molecule has 5 nitrogen and oxygen atoms in total. The molecule has 0 spiro atoms. The second-order valence-corrected chi connectivity index (χ2v) is 8.52. The van der Waals surface area contributed by atoms with Crippen molar-refractivity contribution in [3.63, 3.8) is 0 Å². The number of esters is 1. The molecule has 0 saturated carbocycles. The normalized spacial score (nSPS) is 10.6. The third-order valence-electron chi connectivity index (χ3n) is 4.07. The maximum Gasteiger partial charge on any atom is 0.338 e. The van der Waals surface area contributed by atoms with Crippen molar-refractivity contribution in [3.05, 3.63) is 69.2 Å². The van der Waals surface area contributed by atoms with E-state index in [4.69, 9.17) is 17.0 Å². The van der Waals surface area contributed by atoms with Gasteiger partial charge in [-0.05, 0) is 54.7 Å². The highest BCUT2D eigenvalue weighted by Gasteiger charge is 2.13. The summed E-state index contributed by atoms with van der Waals surface area (Å²) in [4.78, 5) is 24.4. The molecule has 3 rings (SSSR count). The fraction of sp³-hybridized carbons (Fsp3) is 0.200. The maximum absolute atomic E-state index is 12.2. The number of nitrogens with zero attached hydrogens (tertiary/aromatic N) is 2. The van der Waals surface area contributed by atoms with Crippen molar-refractivity contribution in [1.29, 1.82) is 0 Å². The Labute approximate surface area is 176 Å². The molecular weight excluding hydrogens is 412 g/mol. The molecular formula is C20H18N2O3S3. The second kappa shape index (κ2) is 9.27. The summed E-state index contributed by atoms with van der Waals surface area (Å²) in [7, 11) is 0. The fourth-order valence-electron chi connectivity index (χ4n) is 2.47. The number of aromatic nitrogens is 2. The van der Waals surface area contributed by atoms with Crippen LogP contribution in [0.25, 0.3) is 5.69 Å². The Balaban J connectivity index is 1.63. The van der Waals surface area contributed by atoms with Crippen LogP contribution in [0.4, 0.5) is 0 Å². The van der Waals surface area contributed by atoms with Crippen LogP contribution in [0.5, 0.6) is 0 Å². The van der Waals surface area contributed by atoms with E-state index in [0.29, 0.717) is 15.1 Å². The summed E-state index contributed by atoms with van der Waals surface area (Å²) in [6.45, 7) is 1.76. The summed E-state index contributed by atoms with van der Waals surface area (Å²) in [5.74, 6) is -0.775. The first-order chi connectivity index (χ1) is 13.5. The molecule has 0 unspecified atom stereocenters. The van der Waals surface area contributed by atoms with Crippen LogP contribution >= 0.6 is 35.3 Å². The van der Waals surface area contributed by atoms with Gasteiger partial charge < -0.3 is 4.74 Å². The molecule has 0 amide bonds. The number of hydrogen-bond acceptors (Lipinski definition) is 7. The molecule has 144 valence electrons. The topological polar surface area (TPSA) is 61.2 Å². The van der Waals surface area contributed by atoms with Crippen molar-refractivity contribution in [3.8, 4) is 5.69 Å². The monoisotopic (exact) mass is 430 g/mol. The number of thioether (sulfide) groups is 1. The number of aryl methyl sites for hydroxylation is 1. The van der Waals surface area contributed by atoms with E-state index in [1.165, 1.54) is 23.1 Å². The lowest BCUT2D eigenvalue weighted by atomic mass is 10.1. The third kappa shape index (κ3) is 4.76. The molecule has 2 aromatic carbocycles. The first-order valence-corrected chi connectivity index (χ1v) is 11.0. The van der Waals surface area contributed by atoms with E-state index in [9.17, 15) is 9.59 Å². The Kier molecular flexibility index (Phi) is 6.77. The van der Waals surface area contributed by atoms with Crippen molar-refractivity contribution >= 4 is 47.1 Å². The van der Waals surface area contributed by atoms with Crippen LogP contribution in [-0.2, 0) is 11.2 Å². The van der Waals surface area contributed by atoms with Gasteiger partial charge in [-0.25, -0.2) is 9.48 Å². The van der Waals surface area contributed by atoms with Gasteiger partial charge in [0.2, 0.25) is 0 Å². The predicted molar refractivity (Wildman–Crippen MR) is 114 cm³/mol. The van der Waals surface area contributed by atoms with Crippen molar-refractivity contribution < 1.29 is 14.3 Å². The molecule has 0 aliphatic rings. The number of carbonyl (C=O) groups is 2. The minimum atomic E-state index is -0.545. The molecule has 0 saturated heterocycles. The first-order valence-electron chi connectivity index (χ1n) is 8.55. The van der Waals surface area contributed by atoms with Gasteiger partial charge in [-0.3, -0.25) is 4.79 Å². The summed E-state index contributed by atoms with van der Waals surface area (Å²) in [5.41, 5.74) is 2.82. The smallest absolute Gasteiger partial charge is 0.338 e. The summed E-state index contributed by atoms with van der Waals surface area (Å²) in [5, 5.41) is 4.41. The molecule has 1 aromatic heterocycles. The van der Waals surface area contributed by atoms with Crippen LogP contribution in [-0.4, -0.2) is 34.4 Å². The van der Waals surface area contributed by atoms with Crippen molar-refractivity contribution in [2.24, 2.45) is 0 Å². The van der Waals surface area contributed by atoms with Gasteiger partial charge >= 0.3 is 5.97 Å². The molecule has 0 N–H and O–H groups in total. The van der Waals surface area contributed by atoms with E-state index in [1.54, 1.807) is 41.1 Å². The van der Waals surface area contributed by atoms with Gasteiger partial charge in [0, 0.05) is 5.56 Å². The number of carbonyl (C=O) groups excluding carboxylic acids is 2. The van der Waals surface area contributed by atoms with E-state index < -0.39 is 5.97 Å². The first kappa shape index (κ1) is 20.4. The summed E-state index contributed by atoms with van der Waals surface area (Å²) >= 11 is 8.28. The molecule has 0 aliphatic heterocycles. The largest absolute Gasteiger partial charge is 0.454 e. The van der Waals surface area contributed by atoms with Gasteiger partial charge in [-0.2, -0.15) is 0 Å². The van der Waals surface area contributed by atoms with Crippen LogP contribution in [0.3, 0.4) is 0 Å². The standard InChI is InChI=1S/C20H18N2O3S3/c1-3-13-4-6-14(7-5-13)17(23)12-25-18(24)15-8-10-16(11-9-15)22-20(26)28-19(21-22)27-2/h4-11H,3,12H2,1-2H3. The van der Waals surface area contributed by atoms with Crippen LogP contribution in [0.2, 0.25) is 0 Å². The van der Waals surface area contributed by atoms with Gasteiger partial charge in [0.15, 0.2) is 20.7 Å². The van der Waals surface area contributed by atoms with Gasteiger partial charge in [0.25, 0.3) is 0 Å². The molecule has 8 heteroatoms. The third-order valence-corrected chi connectivity index (χ3v) is 6.28. The van der Waals surface area contributed by atoms with Gasteiger partial charge in [-0.1, -0.05) is 54.3 Å². The number of Topliss-reactive ketones (excluding diaryl/α,β-unsaturated/α-hetero) is 1. The molecule has 0 bridgehead atoms. The Morgan fingerprint density at radius 3 is 2.32 bits per heavy atom. The Hall–Kier alpha value is -2.29. The Morgan fingerprint density at radius 1 is 1.11 bits per heavy atom. The van der Waals surface area contributed by atoms with Crippen molar-refractivity contribution in [2.75, 3.05) is 12.9 Å². The summed E-state index contributed by atoms with van der Waals surface area (Å²) in [6, 6.07) is 14.1. The number of hydrogen-bond donors (Lipinski definition) is 0. The van der Waals surface area contributed by atoms with Crippen molar-refractivity contribution in [1.82, 2.24) is 9.78 Å². The van der Waals surface area contributed by atoms with E-state index in [1.807, 2.05) is 25.3 Å². The van der Waals surface area contributed by atoms with Gasteiger partial charge in [0.1, 0.15) is 0 Å². The molecule has 0 fully saturated rings. The van der Waals surface area contributed by atoms with E-state index in [0.717, 1.165) is 22.0 Å². The summed E-state index contributed by atoms with van der Waals surface area (Å²) < 4.78 is 8.33. The van der Waals surface area contributed by atoms with Crippen LogP contribution in [0.15, 0.2) is 52.9 Å². The van der Waals surface area contributed by atoms with Gasteiger partial charge in [0.05, 0.1) is 11.3 Å². The highest BCUT2D eigenvalue weighted by Crippen LogP contribution is 2.22. The molecule has 28 heavy (non-hydrogen) atoms. The lowest BCUT2D eigenvalue weighted by Gasteiger charge is -2.06. The zero-order valence-electron chi connectivity index (χ0n) is 15.4. The zero-order chi connectivity index (χ0) is 20.1. The van der Waals surface area contributed by atoms with Crippen LogP contribution in [0, 0.1) is 3.95 Å². The van der Waals surface area contributed by atoms with E-state index >= 15 is 0 Å². The Bertz CT molecular complexity index is 1040. The number of ether oxygens (including phenoxy) is 1. The molecule has 0 radical (unpaired) electrons. The lowest BCUT2D eigenvalue weighted by Crippen LogP contribution is -2.14. The van der Waals surface area contributed by atoms with Crippen LogP contribution in [0.1, 0.15) is 33.2 Å². The highest BCUT2D eigenvalue weighted by molar-refractivity contribution is 8.00. The van der Waals surface area contributed by atoms with E-state index in [2.05, 4.69) is 5.10 Å². The molecule has 1 heterocycles. The molecule has 0 atom stereocenters. The fourth-order valence-corrected chi connectivity index (χ4v) is 4.25.